The molecule has 0 aliphatic rings. The summed E-state index contributed by atoms with van der Waals surface area (Å²) in [6, 6.07) is 0. The van der Waals surface area contributed by atoms with Gasteiger partial charge in [0, 0.05) is 13.1 Å². The predicted octanol–water partition coefficient (Wildman–Crippen LogP) is 2.05. The van der Waals surface area contributed by atoms with E-state index in [9.17, 15) is 0 Å². The number of nitrogens with one attached hydrogen (secondary N) is 2. The Bertz CT molecular complexity index is 528. The van der Waals surface area contributed by atoms with Crippen LogP contribution in [0.1, 0.15) is 39.5 Å². The van der Waals surface area contributed by atoms with E-state index in [4.69, 9.17) is 5.84 Å². The van der Waals surface area contributed by atoms with E-state index < -0.39 is 0 Å². The second kappa shape index (κ2) is 7.04. The molecule has 0 amide bonds. The maximum atomic E-state index is 5.45. The smallest absolute Gasteiger partial charge is 0.241 e. The summed E-state index contributed by atoms with van der Waals surface area (Å²) in [5.41, 5.74) is 3.23. The molecular weight excluding hydrogens is 254 g/mol. The molecule has 0 radical (unpaired) electrons. The lowest BCUT2D eigenvalue weighted by atomic mass is 10.2. The van der Waals surface area contributed by atoms with Crippen molar-refractivity contribution in [2.75, 3.05) is 23.4 Å². The van der Waals surface area contributed by atoms with E-state index in [0.717, 1.165) is 50.0 Å². The van der Waals surface area contributed by atoms with Gasteiger partial charge in [0.2, 0.25) is 5.95 Å². The Balaban J connectivity index is 2.36. The van der Waals surface area contributed by atoms with Crippen LogP contribution in [-0.4, -0.2) is 33.3 Å². The van der Waals surface area contributed by atoms with Gasteiger partial charge in [0.1, 0.15) is 5.82 Å². The second-order valence-electron chi connectivity index (χ2n) is 4.84. The van der Waals surface area contributed by atoms with Crippen molar-refractivity contribution in [3.05, 3.63) is 6.20 Å². The number of hydrogen-bond acceptors (Lipinski definition) is 6. The van der Waals surface area contributed by atoms with Crippen LogP contribution >= 0.6 is 0 Å². The van der Waals surface area contributed by atoms with E-state index >= 15 is 0 Å². The number of fused-ring (bicyclic) bond motifs is 1. The van der Waals surface area contributed by atoms with Crippen molar-refractivity contribution in [2.45, 2.75) is 39.5 Å². The topological polar surface area (TPSA) is 95.8 Å². The fraction of sp³-hybridized carbons (Fsp3) is 0.615. The molecule has 2 rings (SSSR count). The minimum atomic E-state index is 0.412. The van der Waals surface area contributed by atoms with Gasteiger partial charge in [0.25, 0.3) is 0 Å². The number of aromatic amines is 1. The van der Waals surface area contributed by atoms with E-state index in [1.54, 1.807) is 6.20 Å². The summed E-state index contributed by atoms with van der Waals surface area (Å²) in [6.07, 6.45) is 6.36. The van der Waals surface area contributed by atoms with Gasteiger partial charge in [-0.3, -0.25) is 10.5 Å². The van der Waals surface area contributed by atoms with E-state index in [1.807, 2.05) is 0 Å². The van der Waals surface area contributed by atoms with Crippen molar-refractivity contribution in [3.63, 3.8) is 0 Å². The number of nitrogens with two attached hydrogens (primary N) is 1. The molecule has 2 aromatic rings. The standard InChI is InChI=1S/C13H23N7/c1-3-5-7-20(8-6-4-2)12-10-9-15-19-11(10)16-13(17-12)18-14/h9H,3-8,14H2,1-2H3,(H2,15,16,17,18,19). The van der Waals surface area contributed by atoms with Crippen molar-refractivity contribution < 1.29 is 0 Å². The first-order valence-electron chi connectivity index (χ1n) is 7.22. The van der Waals surface area contributed by atoms with Gasteiger partial charge in [-0.15, -0.1) is 0 Å². The van der Waals surface area contributed by atoms with Crippen LogP contribution in [0.25, 0.3) is 11.0 Å². The summed E-state index contributed by atoms with van der Waals surface area (Å²) in [5.74, 6) is 6.76. The Morgan fingerprint density at radius 3 is 2.50 bits per heavy atom. The molecule has 0 aromatic carbocycles. The lowest BCUT2D eigenvalue weighted by molar-refractivity contribution is 0.673. The number of rotatable bonds is 8. The molecule has 7 heteroatoms. The molecular formula is C13H23N7. The summed E-state index contributed by atoms with van der Waals surface area (Å²) in [6.45, 7) is 6.35. The molecule has 0 unspecified atom stereocenters. The van der Waals surface area contributed by atoms with E-state index in [1.165, 1.54) is 0 Å². The van der Waals surface area contributed by atoms with Gasteiger partial charge in [-0.1, -0.05) is 26.7 Å². The summed E-state index contributed by atoms with van der Waals surface area (Å²) < 4.78 is 0. The van der Waals surface area contributed by atoms with Crippen LogP contribution in [0, 0.1) is 0 Å². The molecule has 20 heavy (non-hydrogen) atoms. The van der Waals surface area contributed by atoms with E-state index in [0.29, 0.717) is 11.6 Å². The molecule has 2 heterocycles. The summed E-state index contributed by atoms with van der Waals surface area (Å²) in [4.78, 5) is 11.1. The molecule has 4 N–H and O–H groups in total. The van der Waals surface area contributed by atoms with Crippen LogP contribution in [0.4, 0.5) is 11.8 Å². The highest BCUT2D eigenvalue weighted by Gasteiger charge is 2.15. The SMILES string of the molecule is CCCCN(CCCC)c1nc(NN)nc2[nH]ncc12. The number of H-pyrrole nitrogens is 1. The van der Waals surface area contributed by atoms with Gasteiger partial charge in [-0.05, 0) is 12.8 Å². The number of nitrogen functional groups attached to an aromatic ring is 1. The van der Waals surface area contributed by atoms with Crippen molar-refractivity contribution in [1.82, 2.24) is 20.2 Å². The number of hydrogen-bond donors (Lipinski definition) is 3. The van der Waals surface area contributed by atoms with Gasteiger partial charge < -0.3 is 4.90 Å². The molecule has 0 fully saturated rings. The first kappa shape index (κ1) is 14.5. The number of aromatic nitrogens is 4. The van der Waals surface area contributed by atoms with Crippen molar-refractivity contribution in [1.29, 1.82) is 0 Å². The molecule has 0 saturated heterocycles. The lowest BCUT2D eigenvalue weighted by Crippen LogP contribution is -2.27. The molecule has 2 aromatic heterocycles. The average Bonchev–Trinajstić information content (AvgIpc) is 2.95. The fourth-order valence-corrected chi connectivity index (χ4v) is 2.15. The highest BCUT2D eigenvalue weighted by atomic mass is 15.3. The fourth-order valence-electron chi connectivity index (χ4n) is 2.15. The van der Waals surface area contributed by atoms with Gasteiger partial charge in [-0.25, -0.2) is 5.84 Å². The minimum absolute atomic E-state index is 0.412. The van der Waals surface area contributed by atoms with E-state index in [-0.39, 0.29) is 0 Å². The quantitative estimate of drug-likeness (QED) is 0.505. The number of unbranched alkanes of at least 4 members (excludes halogenated alkanes) is 2. The van der Waals surface area contributed by atoms with Crippen LogP contribution in [0.5, 0.6) is 0 Å². The highest BCUT2D eigenvalue weighted by molar-refractivity contribution is 5.87. The largest absolute Gasteiger partial charge is 0.356 e. The minimum Gasteiger partial charge on any atom is -0.356 e. The van der Waals surface area contributed by atoms with Gasteiger partial charge in [0.15, 0.2) is 5.65 Å². The van der Waals surface area contributed by atoms with Gasteiger partial charge >= 0.3 is 0 Å². The maximum absolute atomic E-state index is 5.45. The monoisotopic (exact) mass is 277 g/mol. The Morgan fingerprint density at radius 2 is 1.90 bits per heavy atom. The Morgan fingerprint density at radius 1 is 1.20 bits per heavy atom. The summed E-state index contributed by atoms with van der Waals surface area (Å²) in [7, 11) is 0. The zero-order valence-electron chi connectivity index (χ0n) is 12.2. The number of nitrogens with zero attached hydrogens (tertiary/aromatic N) is 4. The van der Waals surface area contributed by atoms with Crippen LogP contribution < -0.4 is 16.2 Å². The van der Waals surface area contributed by atoms with Crippen molar-refractivity contribution >= 4 is 22.8 Å². The number of anilines is 2. The van der Waals surface area contributed by atoms with Crippen molar-refractivity contribution in [3.8, 4) is 0 Å². The Hall–Kier alpha value is -1.89. The first-order chi connectivity index (χ1) is 9.80. The third kappa shape index (κ3) is 3.16. The first-order valence-corrected chi connectivity index (χ1v) is 7.22. The molecule has 0 aliphatic carbocycles. The lowest BCUT2D eigenvalue weighted by Gasteiger charge is -2.24. The number of hydrazine groups is 1. The maximum Gasteiger partial charge on any atom is 0.241 e. The van der Waals surface area contributed by atoms with Crippen LogP contribution in [0.15, 0.2) is 6.20 Å². The van der Waals surface area contributed by atoms with Gasteiger partial charge in [-0.2, -0.15) is 15.1 Å². The zero-order valence-corrected chi connectivity index (χ0v) is 12.2. The normalized spacial score (nSPS) is 10.9. The molecule has 0 aliphatic heterocycles. The Kier molecular flexibility index (Phi) is 5.11. The zero-order chi connectivity index (χ0) is 14.4. The molecule has 0 bridgehead atoms. The second-order valence-corrected chi connectivity index (χ2v) is 4.84. The molecule has 110 valence electrons. The predicted molar refractivity (Wildman–Crippen MR) is 81.5 cm³/mol. The third-order valence-corrected chi connectivity index (χ3v) is 3.28. The Labute approximate surface area is 118 Å². The molecule has 0 spiro atoms. The summed E-state index contributed by atoms with van der Waals surface area (Å²) >= 11 is 0. The highest BCUT2D eigenvalue weighted by Crippen LogP contribution is 2.24. The van der Waals surface area contributed by atoms with Crippen LogP contribution in [-0.2, 0) is 0 Å². The van der Waals surface area contributed by atoms with E-state index in [2.05, 4.69) is 44.3 Å². The summed E-state index contributed by atoms with van der Waals surface area (Å²) in [5, 5.41) is 7.88. The molecule has 0 saturated carbocycles. The third-order valence-electron chi connectivity index (χ3n) is 3.28. The average molecular weight is 277 g/mol. The van der Waals surface area contributed by atoms with Gasteiger partial charge in [0.05, 0.1) is 11.6 Å². The van der Waals surface area contributed by atoms with Crippen molar-refractivity contribution in [2.24, 2.45) is 5.84 Å². The molecule has 7 nitrogen and oxygen atoms in total. The molecule has 0 atom stereocenters. The van der Waals surface area contributed by atoms with Crippen LogP contribution in [0.2, 0.25) is 0 Å². The van der Waals surface area contributed by atoms with Crippen LogP contribution in [0.3, 0.4) is 0 Å².